The Bertz CT molecular complexity index is 3560. The van der Waals surface area contributed by atoms with Gasteiger partial charge in [0.05, 0.1) is 31.4 Å². The van der Waals surface area contributed by atoms with E-state index in [1.54, 1.807) is 84.2 Å². The number of ether oxygens (including phenoxy) is 2. The molecule has 0 saturated carbocycles. The number of allylic oxidation sites excluding steroid dienone is 6. The van der Waals surface area contributed by atoms with Gasteiger partial charge in [0, 0.05) is 103 Å². The minimum absolute atomic E-state index is 0. The van der Waals surface area contributed by atoms with E-state index in [9.17, 15) is 45.4 Å². The number of amidine groups is 1. The number of rotatable bonds is 34. The number of sulfonamides is 1. The number of aromatic nitrogens is 1. The van der Waals surface area contributed by atoms with Crippen LogP contribution in [-0.4, -0.2) is 146 Å². The van der Waals surface area contributed by atoms with Crippen LogP contribution in [0.1, 0.15) is 119 Å². The number of esters is 1. The molecule has 0 spiro atoms. The zero-order valence-corrected chi connectivity index (χ0v) is 55.9. The smallest absolute Gasteiger partial charge is 0.414 e. The molecule has 0 radical (unpaired) electrons. The van der Waals surface area contributed by atoms with Gasteiger partial charge in [0.2, 0.25) is 21.6 Å². The van der Waals surface area contributed by atoms with Crippen molar-refractivity contribution in [3.63, 3.8) is 0 Å². The predicted octanol–water partition coefficient (Wildman–Crippen LogP) is 4.68. The molecular formula is C63H83ClN10O12S4. The number of nitrogens with two attached hydrogens (primary N) is 2. The number of benzene rings is 3. The maximum atomic E-state index is 13.6. The zero-order chi connectivity index (χ0) is 65.0. The van der Waals surface area contributed by atoms with Gasteiger partial charge in [0.1, 0.15) is 31.6 Å². The Kier molecular flexibility index (Phi) is 27.8. The zero-order valence-electron chi connectivity index (χ0n) is 51.8. The number of primary amides is 1. The maximum absolute atomic E-state index is 13.6. The first kappa shape index (κ1) is 73.8. The highest BCUT2D eigenvalue weighted by Crippen LogP contribution is 2.48. The molecule has 9 N–H and O–H groups in total. The minimum Gasteiger partial charge on any atom is -1.00 e. The molecule has 1 aromatic heterocycles. The molecule has 0 aliphatic carbocycles. The third-order valence-electron chi connectivity index (χ3n) is 14.9. The molecule has 22 nitrogen and oxygen atoms in total. The quantitative estimate of drug-likeness (QED) is 0.00488. The Hall–Kier alpha value is -6.91. The van der Waals surface area contributed by atoms with E-state index >= 15 is 0 Å². The predicted molar refractivity (Wildman–Crippen MR) is 350 cm³/mol. The Morgan fingerprint density at radius 1 is 0.811 bits per heavy atom. The van der Waals surface area contributed by atoms with Crippen molar-refractivity contribution in [2.75, 3.05) is 68.9 Å². The summed E-state index contributed by atoms with van der Waals surface area (Å²) in [5.41, 5.74) is 16.2. The van der Waals surface area contributed by atoms with E-state index in [1.165, 1.54) is 24.5 Å². The van der Waals surface area contributed by atoms with Crippen LogP contribution in [0.25, 0.3) is 0 Å². The van der Waals surface area contributed by atoms with Crippen molar-refractivity contribution in [3.8, 4) is 0 Å². The van der Waals surface area contributed by atoms with Crippen molar-refractivity contribution in [1.29, 1.82) is 0 Å². The number of carbonyl (C=O) groups excluding carboxylic acids is 5. The molecule has 90 heavy (non-hydrogen) atoms. The number of likely N-dealkylation sites (N-methyl/N-ethyl adjacent to an activating group) is 1. The normalized spacial score (nSPS) is 15.4. The van der Waals surface area contributed by atoms with Crippen LogP contribution in [0, 0.1) is 0 Å². The number of halogens is 1. The van der Waals surface area contributed by atoms with Gasteiger partial charge in [-0.3, -0.25) is 39.0 Å². The van der Waals surface area contributed by atoms with E-state index in [1.807, 2.05) is 71.1 Å². The molecule has 488 valence electrons. The fourth-order valence-electron chi connectivity index (χ4n) is 10.2. The number of hydrogen-bond donors (Lipinski definition) is 7. The lowest BCUT2D eigenvalue weighted by molar-refractivity contribution is -0.438. The number of fused-ring (bicyclic) bond motifs is 2. The van der Waals surface area contributed by atoms with Crippen molar-refractivity contribution in [3.05, 3.63) is 150 Å². The lowest BCUT2D eigenvalue weighted by Crippen LogP contribution is -3.00. The number of imide groups is 1. The number of aliphatic imine (C=N–C) groups is 1. The topological polar surface area (TPSA) is 324 Å². The van der Waals surface area contributed by atoms with Crippen LogP contribution in [0.4, 0.5) is 16.2 Å². The van der Waals surface area contributed by atoms with E-state index in [4.69, 9.17) is 20.9 Å². The summed E-state index contributed by atoms with van der Waals surface area (Å²) >= 11 is 3.19. The average Bonchev–Trinajstić information content (AvgIpc) is 1.69. The largest absolute Gasteiger partial charge is 1.00 e. The molecule has 3 heterocycles. The number of unbranched alkanes of at least 4 members (excludes halogenated alkanes) is 2. The van der Waals surface area contributed by atoms with Gasteiger partial charge in [-0.1, -0.05) is 50.3 Å². The number of alkyl carbamates (subject to hydrolysis) is 1. The standard InChI is InChI=1S/C63H82N10O12S4.ClH/c1-8-72-51-29-27-46(88(79,80)69-34-33-67-43-55(64)68-32-19-23-50(57(65)75)70-58(76)44-20-12-9-13-21-44)40-48(51)61(2,3)53(72)24-14-10-15-25-54-62(4,5)49-41-47(89(81,82)83)28-30-52(49)73(54)35-17-11-16-26-56(74)84-36-38-86-63(6,7)87-39-37-85-60(78)71-59(77)45-22-18-31-66-42-45;/h9-10,12-15,18,20-22,24-25,27-31,40-42,50,67,69H,8,11,16-17,19,23,26,32-39,43H2,1-7H3,(H6-,64,65,68,70,71,75,76,77,78,81,82,83);1H/t50-;/m0./s1. The monoisotopic (exact) mass is 1330 g/mol. The van der Waals surface area contributed by atoms with Crippen LogP contribution in [0.5, 0.6) is 0 Å². The third kappa shape index (κ3) is 21.1. The first-order chi connectivity index (χ1) is 42.2. The SMILES string of the molecule is CCN1\C(=C/C=C/C=C/C2=[N+](CCCCCC(=O)OCCSC(C)(C)SCCOC(=O)NC(=O)c3cccnc3)c3ccc(S(=O)(=O)O)cc3C2(C)C)C(C)(C)c2cc(S(=O)(=O)NCCNCC(N)=NCCC[C@H](NC(=O)c3ccccc3)C(N)=O)ccc21.[Cl-]. The molecule has 0 bridgehead atoms. The van der Waals surface area contributed by atoms with E-state index < -0.39 is 60.8 Å². The van der Waals surface area contributed by atoms with Crippen LogP contribution in [0.15, 0.2) is 142 Å². The van der Waals surface area contributed by atoms with Crippen molar-refractivity contribution >= 4 is 96.4 Å². The van der Waals surface area contributed by atoms with Gasteiger partial charge in [-0.15, -0.1) is 23.5 Å². The van der Waals surface area contributed by atoms with Gasteiger partial charge < -0.3 is 48.9 Å². The van der Waals surface area contributed by atoms with E-state index in [0.717, 1.165) is 40.3 Å². The molecule has 4 aromatic rings. The number of amides is 4. The number of anilines is 1. The highest BCUT2D eigenvalue weighted by molar-refractivity contribution is 8.18. The molecule has 27 heteroatoms. The van der Waals surface area contributed by atoms with Gasteiger partial charge in [-0.05, 0) is 127 Å². The van der Waals surface area contributed by atoms with Gasteiger partial charge in [-0.2, -0.15) is 13.0 Å². The first-order valence-corrected chi connectivity index (χ1v) is 34.3. The van der Waals surface area contributed by atoms with Crippen molar-refractivity contribution in [2.45, 2.75) is 118 Å². The van der Waals surface area contributed by atoms with Crippen molar-refractivity contribution < 1.29 is 71.8 Å². The summed E-state index contributed by atoms with van der Waals surface area (Å²) in [5, 5.41) is 7.93. The minimum atomic E-state index is -4.47. The average molecular weight is 1340 g/mol. The lowest BCUT2D eigenvalue weighted by atomic mass is 9.81. The highest BCUT2D eigenvalue weighted by Gasteiger charge is 2.45. The molecule has 4 amide bonds. The summed E-state index contributed by atoms with van der Waals surface area (Å²) in [7, 11) is -8.38. The van der Waals surface area contributed by atoms with Crippen LogP contribution in [0.3, 0.4) is 0 Å². The Labute approximate surface area is 543 Å². The molecule has 6 rings (SSSR count). The summed E-state index contributed by atoms with van der Waals surface area (Å²) in [5.74, 6) is -0.576. The van der Waals surface area contributed by atoms with Gasteiger partial charge in [0.15, 0.2) is 5.71 Å². The summed E-state index contributed by atoms with van der Waals surface area (Å²) in [4.78, 5) is 71.7. The third-order valence-corrected chi connectivity index (χ3v) is 20.0. The second-order valence-electron chi connectivity index (χ2n) is 22.5. The summed E-state index contributed by atoms with van der Waals surface area (Å²) in [6, 6.07) is 20.6. The second-order valence-corrected chi connectivity index (χ2v) is 29.4. The number of carbonyl (C=O) groups is 5. The summed E-state index contributed by atoms with van der Waals surface area (Å²) in [6.45, 7) is 16.6. The van der Waals surface area contributed by atoms with Crippen LogP contribution in [0.2, 0.25) is 0 Å². The number of nitrogens with one attached hydrogen (secondary N) is 4. The fourth-order valence-corrected chi connectivity index (χ4v) is 13.9. The van der Waals surface area contributed by atoms with E-state index in [2.05, 4.69) is 54.0 Å². The lowest BCUT2D eigenvalue weighted by Gasteiger charge is -2.25. The Morgan fingerprint density at radius 2 is 1.50 bits per heavy atom. The van der Waals surface area contributed by atoms with Crippen molar-refractivity contribution in [1.82, 2.24) is 25.7 Å². The molecule has 0 unspecified atom stereocenters. The number of thioether (sulfide) groups is 2. The first-order valence-electron chi connectivity index (χ1n) is 29.4. The highest BCUT2D eigenvalue weighted by atomic mass is 35.5. The van der Waals surface area contributed by atoms with Gasteiger partial charge >= 0.3 is 12.1 Å². The molecule has 2 aliphatic rings. The Balaban J connectivity index is 0.0000147. The van der Waals surface area contributed by atoms with Crippen LogP contribution >= 0.6 is 23.5 Å². The van der Waals surface area contributed by atoms with Crippen LogP contribution in [-0.2, 0) is 50.0 Å². The van der Waals surface area contributed by atoms with Gasteiger partial charge in [0.25, 0.3) is 21.9 Å². The van der Waals surface area contributed by atoms with Crippen LogP contribution < -0.4 is 49.4 Å². The number of pyridine rings is 1. The molecule has 0 saturated heterocycles. The Morgan fingerprint density at radius 3 is 2.18 bits per heavy atom. The molecule has 3 aromatic carbocycles. The molecule has 0 fully saturated rings. The summed E-state index contributed by atoms with van der Waals surface area (Å²) in [6.07, 6.45) is 14.8. The molecule has 2 aliphatic heterocycles. The molecule has 1 atom stereocenters. The summed E-state index contributed by atoms with van der Waals surface area (Å²) < 4.78 is 77.1. The number of nitrogens with zero attached hydrogens (tertiary/aromatic N) is 4. The number of hydrogen-bond acceptors (Lipinski definition) is 17. The van der Waals surface area contributed by atoms with E-state index in [0.29, 0.717) is 61.8 Å². The maximum Gasteiger partial charge on any atom is 0.414 e. The fraction of sp³-hybridized carbons (Fsp3) is 0.429. The van der Waals surface area contributed by atoms with Crippen molar-refractivity contribution in [2.24, 2.45) is 16.5 Å². The molecular weight excluding hydrogens is 1250 g/mol. The second kappa shape index (κ2) is 34.0. The van der Waals surface area contributed by atoms with Gasteiger partial charge in [-0.25, -0.2) is 17.9 Å². The van der Waals surface area contributed by atoms with E-state index in [-0.39, 0.29) is 83.5 Å².